The van der Waals surface area contributed by atoms with E-state index in [1.54, 1.807) is 0 Å². The summed E-state index contributed by atoms with van der Waals surface area (Å²) in [6.45, 7) is 4.22. The molecule has 1 aliphatic rings. The third kappa shape index (κ3) is 5.86. The highest BCUT2D eigenvalue weighted by Gasteiger charge is 2.14. The molecule has 0 aliphatic carbocycles. The molecule has 116 valence electrons. The fourth-order valence-electron chi connectivity index (χ4n) is 2.79. The highest BCUT2D eigenvalue weighted by atomic mass is 16.2. The van der Waals surface area contributed by atoms with Crippen molar-refractivity contribution < 1.29 is 4.79 Å². The maximum atomic E-state index is 11.9. The zero-order valence-electron chi connectivity index (χ0n) is 12.8. The van der Waals surface area contributed by atoms with Crippen LogP contribution in [0.15, 0.2) is 30.3 Å². The Hall–Kier alpha value is -1.39. The van der Waals surface area contributed by atoms with Crippen LogP contribution >= 0.6 is 0 Å². The topological polar surface area (TPSA) is 58.4 Å². The monoisotopic (exact) mass is 289 g/mol. The minimum atomic E-state index is -0.456. The normalized spacial score (nSPS) is 17.4. The van der Waals surface area contributed by atoms with Crippen molar-refractivity contribution in [2.75, 3.05) is 26.2 Å². The number of nitrogens with zero attached hydrogens (tertiary/aromatic N) is 1. The predicted octanol–water partition coefficient (Wildman–Crippen LogP) is 1.55. The van der Waals surface area contributed by atoms with Gasteiger partial charge in [0.1, 0.15) is 0 Å². The van der Waals surface area contributed by atoms with Gasteiger partial charge in [-0.1, -0.05) is 36.8 Å². The number of carbonyl (C=O) groups excluding carboxylic acids is 1. The fraction of sp³-hybridized carbons (Fsp3) is 0.588. The summed E-state index contributed by atoms with van der Waals surface area (Å²) in [6, 6.07) is 9.46. The summed E-state index contributed by atoms with van der Waals surface area (Å²) in [7, 11) is 0. The molecule has 1 saturated heterocycles. The molecule has 4 heteroatoms. The Bertz CT molecular complexity index is 415. The van der Waals surface area contributed by atoms with Gasteiger partial charge in [-0.15, -0.1) is 0 Å². The SMILES string of the molecule is N[C@H](Cc1ccccc1)C(=O)NCCCN1CCCCC1. The number of carbonyl (C=O) groups is 1. The summed E-state index contributed by atoms with van der Waals surface area (Å²) in [5, 5.41) is 2.95. The number of piperidine rings is 1. The van der Waals surface area contributed by atoms with Gasteiger partial charge in [-0.3, -0.25) is 4.79 Å². The minimum Gasteiger partial charge on any atom is -0.355 e. The molecular weight excluding hydrogens is 262 g/mol. The van der Waals surface area contributed by atoms with Crippen LogP contribution in [0.1, 0.15) is 31.2 Å². The van der Waals surface area contributed by atoms with E-state index in [4.69, 9.17) is 5.73 Å². The number of hydrogen-bond donors (Lipinski definition) is 2. The second-order valence-electron chi connectivity index (χ2n) is 5.84. The highest BCUT2D eigenvalue weighted by Crippen LogP contribution is 2.08. The van der Waals surface area contributed by atoms with Gasteiger partial charge in [-0.2, -0.15) is 0 Å². The molecule has 1 aromatic carbocycles. The second-order valence-corrected chi connectivity index (χ2v) is 5.84. The van der Waals surface area contributed by atoms with Gasteiger partial charge >= 0.3 is 0 Å². The lowest BCUT2D eigenvalue weighted by Gasteiger charge is -2.26. The van der Waals surface area contributed by atoms with Crippen molar-refractivity contribution in [3.8, 4) is 0 Å². The predicted molar refractivity (Wildman–Crippen MR) is 86.0 cm³/mol. The lowest BCUT2D eigenvalue weighted by molar-refractivity contribution is -0.122. The van der Waals surface area contributed by atoms with Crippen LogP contribution in [-0.2, 0) is 11.2 Å². The van der Waals surface area contributed by atoms with Crippen molar-refractivity contribution >= 4 is 5.91 Å². The molecule has 1 fully saturated rings. The lowest BCUT2D eigenvalue weighted by Crippen LogP contribution is -2.43. The second kappa shape index (κ2) is 8.80. The quantitative estimate of drug-likeness (QED) is 0.749. The van der Waals surface area contributed by atoms with Crippen LogP contribution in [0.5, 0.6) is 0 Å². The minimum absolute atomic E-state index is 0.0440. The van der Waals surface area contributed by atoms with E-state index in [2.05, 4.69) is 10.2 Å². The number of benzene rings is 1. The summed E-state index contributed by atoms with van der Waals surface area (Å²) < 4.78 is 0. The van der Waals surface area contributed by atoms with Gasteiger partial charge in [-0.05, 0) is 50.9 Å². The van der Waals surface area contributed by atoms with Crippen molar-refractivity contribution in [3.63, 3.8) is 0 Å². The van der Waals surface area contributed by atoms with Crippen LogP contribution in [0, 0.1) is 0 Å². The van der Waals surface area contributed by atoms with E-state index in [0.717, 1.165) is 25.1 Å². The number of rotatable bonds is 7. The molecule has 4 nitrogen and oxygen atoms in total. The van der Waals surface area contributed by atoms with Crippen molar-refractivity contribution in [1.29, 1.82) is 0 Å². The Labute approximate surface area is 127 Å². The summed E-state index contributed by atoms with van der Waals surface area (Å²) in [4.78, 5) is 14.4. The smallest absolute Gasteiger partial charge is 0.237 e. The number of hydrogen-bond acceptors (Lipinski definition) is 3. The van der Waals surface area contributed by atoms with Crippen LogP contribution in [0.3, 0.4) is 0 Å². The van der Waals surface area contributed by atoms with Crippen LogP contribution in [0.2, 0.25) is 0 Å². The molecule has 2 rings (SSSR count). The summed E-state index contributed by atoms with van der Waals surface area (Å²) >= 11 is 0. The van der Waals surface area contributed by atoms with E-state index in [1.165, 1.54) is 32.4 Å². The van der Waals surface area contributed by atoms with Crippen LogP contribution in [-0.4, -0.2) is 43.0 Å². The standard InChI is InChI=1S/C17H27N3O/c18-16(14-15-8-3-1-4-9-15)17(21)19-10-7-13-20-11-5-2-6-12-20/h1,3-4,8-9,16H,2,5-7,10-14,18H2,(H,19,21)/t16-/m1/s1. The largest absolute Gasteiger partial charge is 0.355 e. The van der Waals surface area contributed by atoms with Crippen LogP contribution in [0.4, 0.5) is 0 Å². The van der Waals surface area contributed by atoms with Crippen LogP contribution < -0.4 is 11.1 Å². The third-order valence-electron chi connectivity index (χ3n) is 4.03. The van der Waals surface area contributed by atoms with E-state index < -0.39 is 6.04 Å². The molecule has 1 aromatic rings. The van der Waals surface area contributed by atoms with E-state index >= 15 is 0 Å². The zero-order valence-corrected chi connectivity index (χ0v) is 12.8. The molecule has 0 saturated carbocycles. The molecule has 1 aliphatic heterocycles. The van der Waals surface area contributed by atoms with Crippen molar-refractivity contribution in [2.24, 2.45) is 5.73 Å². The Kier molecular flexibility index (Phi) is 6.70. The molecule has 0 bridgehead atoms. The summed E-state index contributed by atoms with van der Waals surface area (Å²) in [5.74, 6) is -0.0440. The number of nitrogens with two attached hydrogens (primary N) is 1. The average molecular weight is 289 g/mol. The van der Waals surface area contributed by atoms with E-state index in [-0.39, 0.29) is 5.91 Å². The molecule has 0 spiro atoms. The van der Waals surface area contributed by atoms with Gasteiger partial charge < -0.3 is 16.0 Å². The number of nitrogens with one attached hydrogen (secondary N) is 1. The first-order valence-electron chi connectivity index (χ1n) is 8.05. The lowest BCUT2D eigenvalue weighted by atomic mass is 10.1. The van der Waals surface area contributed by atoms with Gasteiger partial charge in [0.05, 0.1) is 6.04 Å². The summed E-state index contributed by atoms with van der Waals surface area (Å²) in [6.07, 6.45) is 5.59. The molecule has 21 heavy (non-hydrogen) atoms. The highest BCUT2D eigenvalue weighted by molar-refractivity contribution is 5.81. The molecule has 1 atom stereocenters. The van der Waals surface area contributed by atoms with Gasteiger partial charge in [0.2, 0.25) is 5.91 Å². The number of likely N-dealkylation sites (tertiary alicyclic amines) is 1. The fourth-order valence-corrected chi connectivity index (χ4v) is 2.79. The van der Waals surface area contributed by atoms with E-state index in [1.807, 2.05) is 30.3 Å². The molecule has 0 aromatic heterocycles. The first-order chi connectivity index (χ1) is 10.3. The van der Waals surface area contributed by atoms with Crippen molar-refractivity contribution in [2.45, 2.75) is 38.1 Å². The maximum absolute atomic E-state index is 11.9. The first-order valence-corrected chi connectivity index (χ1v) is 8.05. The van der Waals surface area contributed by atoms with Gasteiger partial charge in [0.15, 0.2) is 0 Å². The molecule has 1 amide bonds. The molecule has 0 unspecified atom stereocenters. The van der Waals surface area contributed by atoms with E-state index in [0.29, 0.717) is 6.42 Å². The maximum Gasteiger partial charge on any atom is 0.237 e. The Balaban J connectivity index is 1.60. The van der Waals surface area contributed by atoms with Crippen molar-refractivity contribution in [3.05, 3.63) is 35.9 Å². The van der Waals surface area contributed by atoms with Gasteiger partial charge in [-0.25, -0.2) is 0 Å². The Morgan fingerprint density at radius 1 is 1.19 bits per heavy atom. The Morgan fingerprint density at radius 2 is 1.90 bits per heavy atom. The van der Waals surface area contributed by atoms with Gasteiger partial charge in [0, 0.05) is 6.54 Å². The molecule has 3 N–H and O–H groups in total. The summed E-state index contributed by atoms with van der Waals surface area (Å²) in [5.41, 5.74) is 7.06. The molecule has 0 radical (unpaired) electrons. The first kappa shape index (κ1) is 16.0. The van der Waals surface area contributed by atoms with Crippen molar-refractivity contribution in [1.82, 2.24) is 10.2 Å². The van der Waals surface area contributed by atoms with E-state index in [9.17, 15) is 4.79 Å². The Morgan fingerprint density at radius 3 is 2.62 bits per heavy atom. The average Bonchev–Trinajstić information content (AvgIpc) is 2.53. The molecule has 1 heterocycles. The third-order valence-corrected chi connectivity index (χ3v) is 4.03. The number of amides is 1. The van der Waals surface area contributed by atoms with Crippen LogP contribution in [0.25, 0.3) is 0 Å². The van der Waals surface area contributed by atoms with Gasteiger partial charge in [0.25, 0.3) is 0 Å². The molecular formula is C17H27N3O. The zero-order chi connectivity index (χ0) is 14.9.